The molecular formula is C16H21N5. The second-order valence-electron chi connectivity index (χ2n) is 5.48. The van der Waals surface area contributed by atoms with Crippen molar-refractivity contribution in [2.45, 2.75) is 25.9 Å². The lowest BCUT2D eigenvalue weighted by atomic mass is 10.2. The van der Waals surface area contributed by atoms with Gasteiger partial charge in [0.15, 0.2) is 0 Å². The molecule has 0 amide bonds. The molecule has 5 heteroatoms. The van der Waals surface area contributed by atoms with Gasteiger partial charge in [0.2, 0.25) is 0 Å². The molecule has 2 aromatic rings. The summed E-state index contributed by atoms with van der Waals surface area (Å²) >= 11 is 0. The van der Waals surface area contributed by atoms with E-state index in [4.69, 9.17) is 10.2 Å². The number of hydrogen-bond donors (Lipinski definition) is 1. The molecule has 1 N–H and O–H groups in total. The third-order valence-electron chi connectivity index (χ3n) is 4.20. The predicted octanol–water partition coefficient (Wildman–Crippen LogP) is 1.92. The molecule has 21 heavy (non-hydrogen) atoms. The smallest absolute Gasteiger partial charge is 0.127 e. The van der Waals surface area contributed by atoms with Crippen molar-refractivity contribution in [2.75, 3.05) is 26.2 Å². The second kappa shape index (κ2) is 6.25. The Morgan fingerprint density at radius 3 is 2.86 bits per heavy atom. The summed E-state index contributed by atoms with van der Waals surface area (Å²) in [6.07, 6.45) is 0.516. The number of nitrogens with one attached hydrogen (secondary N) is 1. The summed E-state index contributed by atoms with van der Waals surface area (Å²) in [5.41, 5.74) is 2.15. The number of para-hydroxylation sites is 2. The molecule has 1 aliphatic heterocycles. The molecule has 2 heterocycles. The van der Waals surface area contributed by atoms with E-state index in [1.807, 2.05) is 18.2 Å². The highest BCUT2D eigenvalue weighted by Crippen LogP contribution is 2.25. The number of nitriles is 1. The first-order valence-corrected chi connectivity index (χ1v) is 7.58. The summed E-state index contributed by atoms with van der Waals surface area (Å²) in [5.74, 6) is 1.08. The van der Waals surface area contributed by atoms with Crippen molar-refractivity contribution in [1.29, 1.82) is 5.26 Å². The first-order valence-electron chi connectivity index (χ1n) is 7.58. The molecule has 1 aliphatic rings. The molecular weight excluding hydrogens is 262 g/mol. The fourth-order valence-electron chi connectivity index (χ4n) is 3.04. The fourth-order valence-corrected chi connectivity index (χ4v) is 3.04. The van der Waals surface area contributed by atoms with Gasteiger partial charge in [0.1, 0.15) is 5.82 Å². The van der Waals surface area contributed by atoms with Crippen LogP contribution in [0.4, 0.5) is 0 Å². The molecule has 1 saturated heterocycles. The Morgan fingerprint density at radius 1 is 1.33 bits per heavy atom. The number of hydrogen-bond acceptors (Lipinski definition) is 4. The van der Waals surface area contributed by atoms with E-state index < -0.39 is 0 Å². The maximum atomic E-state index is 8.91. The van der Waals surface area contributed by atoms with Crippen molar-refractivity contribution in [2.24, 2.45) is 0 Å². The van der Waals surface area contributed by atoms with E-state index in [0.29, 0.717) is 13.0 Å². The molecule has 3 rings (SSSR count). The van der Waals surface area contributed by atoms with Crippen molar-refractivity contribution in [3.05, 3.63) is 30.1 Å². The summed E-state index contributed by atoms with van der Waals surface area (Å²) in [6.45, 7) is 7.08. The highest BCUT2D eigenvalue weighted by atomic mass is 15.2. The van der Waals surface area contributed by atoms with Gasteiger partial charge in [-0.3, -0.25) is 4.90 Å². The number of fused-ring (bicyclic) bond motifs is 1. The van der Waals surface area contributed by atoms with Crippen molar-refractivity contribution in [3.8, 4) is 6.07 Å². The molecule has 0 spiro atoms. The third kappa shape index (κ3) is 2.78. The largest absolute Gasteiger partial charge is 0.326 e. The molecule has 1 aromatic carbocycles. The zero-order chi connectivity index (χ0) is 14.7. The van der Waals surface area contributed by atoms with Gasteiger partial charge >= 0.3 is 0 Å². The Kier molecular flexibility index (Phi) is 4.18. The van der Waals surface area contributed by atoms with E-state index in [-0.39, 0.29) is 6.04 Å². The number of piperazine rings is 1. The fraction of sp³-hybridized carbons (Fsp3) is 0.500. The van der Waals surface area contributed by atoms with Crippen molar-refractivity contribution in [1.82, 2.24) is 19.8 Å². The first kappa shape index (κ1) is 14.1. The van der Waals surface area contributed by atoms with Gasteiger partial charge in [0, 0.05) is 32.7 Å². The van der Waals surface area contributed by atoms with Crippen molar-refractivity contribution >= 4 is 11.0 Å². The zero-order valence-electron chi connectivity index (χ0n) is 12.4. The highest BCUT2D eigenvalue weighted by Gasteiger charge is 2.23. The summed E-state index contributed by atoms with van der Waals surface area (Å²) in [6, 6.07) is 10.7. The lowest BCUT2D eigenvalue weighted by molar-refractivity contribution is 0.176. The minimum absolute atomic E-state index is 0.276. The number of nitrogens with zero attached hydrogens (tertiary/aromatic N) is 4. The molecule has 0 aliphatic carbocycles. The summed E-state index contributed by atoms with van der Waals surface area (Å²) in [7, 11) is 0. The van der Waals surface area contributed by atoms with E-state index >= 15 is 0 Å². The van der Waals surface area contributed by atoms with Gasteiger partial charge < -0.3 is 9.88 Å². The number of rotatable bonds is 4. The molecule has 0 bridgehead atoms. The molecule has 5 nitrogen and oxygen atoms in total. The van der Waals surface area contributed by atoms with Crippen LogP contribution in [0.1, 0.15) is 25.2 Å². The van der Waals surface area contributed by atoms with E-state index in [0.717, 1.165) is 43.0 Å². The van der Waals surface area contributed by atoms with Gasteiger partial charge in [-0.05, 0) is 19.1 Å². The van der Waals surface area contributed by atoms with Crippen molar-refractivity contribution in [3.63, 3.8) is 0 Å². The topological polar surface area (TPSA) is 56.9 Å². The monoisotopic (exact) mass is 283 g/mol. The van der Waals surface area contributed by atoms with Crippen LogP contribution in [0, 0.1) is 11.3 Å². The molecule has 0 radical (unpaired) electrons. The lowest BCUT2D eigenvalue weighted by Crippen LogP contribution is -2.45. The van der Waals surface area contributed by atoms with Gasteiger partial charge in [0.25, 0.3) is 0 Å². The Bertz CT molecular complexity index is 648. The Labute approximate surface area is 125 Å². The zero-order valence-corrected chi connectivity index (χ0v) is 12.4. The van der Waals surface area contributed by atoms with Crippen LogP contribution in [0.2, 0.25) is 0 Å². The third-order valence-corrected chi connectivity index (χ3v) is 4.20. The van der Waals surface area contributed by atoms with Crippen LogP contribution in [0.15, 0.2) is 24.3 Å². The minimum atomic E-state index is 0.276. The van der Waals surface area contributed by atoms with Gasteiger partial charge in [-0.25, -0.2) is 4.98 Å². The van der Waals surface area contributed by atoms with E-state index in [9.17, 15) is 0 Å². The maximum Gasteiger partial charge on any atom is 0.127 e. The summed E-state index contributed by atoms with van der Waals surface area (Å²) in [4.78, 5) is 7.29. The van der Waals surface area contributed by atoms with Crippen LogP contribution in [-0.2, 0) is 6.54 Å². The second-order valence-corrected chi connectivity index (χ2v) is 5.48. The van der Waals surface area contributed by atoms with Gasteiger partial charge in [-0.15, -0.1) is 0 Å². The van der Waals surface area contributed by atoms with Crippen LogP contribution in [0.25, 0.3) is 11.0 Å². The summed E-state index contributed by atoms with van der Waals surface area (Å²) in [5, 5.41) is 12.3. The van der Waals surface area contributed by atoms with E-state index in [1.54, 1.807) is 0 Å². The average molecular weight is 283 g/mol. The Hall–Kier alpha value is -1.90. The maximum absolute atomic E-state index is 8.91. The van der Waals surface area contributed by atoms with E-state index in [2.05, 4.69) is 33.8 Å². The molecule has 1 unspecified atom stereocenters. The number of aryl methyl sites for hydroxylation is 1. The molecule has 1 atom stereocenters. The molecule has 1 fully saturated rings. The highest BCUT2D eigenvalue weighted by molar-refractivity contribution is 5.76. The Morgan fingerprint density at radius 2 is 2.10 bits per heavy atom. The summed E-state index contributed by atoms with van der Waals surface area (Å²) < 4.78 is 2.21. The number of aromatic nitrogens is 2. The van der Waals surface area contributed by atoms with Crippen molar-refractivity contribution < 1.29 is 0 Å². The van der Waals surface area contributed by atoms with Gasteiger partial charge in [-0.1, -0.05) is 12.1 Å². The van der Waals surface area contributed by atoms with Gasteiger partial charge in [-0.2, -0.15) is 5.26 Å². The molecule has 1 aromatic heterocycles. The number of imidazole rings is 1. The van der Waals surface area contributed by atoms with Crippen LogP contribution < -0.4 is 5.32 Å². The SMILES string of the molecule is CC(c1nc2ccccc2n1CCC#N)N1CCNCC1. The van der Waals surface area contributed by atoms with E-state index in [1.165, 1.54) is 0 Å². The molecule has 0 saturated carbocycles. The van der Waals surface area contributed by atoms with Crippen LogP contribution >= 0.6 is 0 Å². The quantitative estimate of drug-likeness (QED) is 0.931. The Balaban J connectivity index is 1.97. The standard InChI is InChI=1S/C16H21N5/c1-13(20-11-8-18-9-12-20)16-19-14-5-2-3-6-15(14)21(16)10-4-7-17/h2-3,5-6,13,18H,4,8-12H2,1H3. The molecule has 110 valence electrons. The van der Waals surface area contributed by atoms with Crippen LogP contribution in [0.5, 0.6) is 0 Å². The van der Waals surface area contributed by atoms with Gasteiger partial charge in [0.05, 0.1) is 29.6 Å². The normalized spacial score (nSPS) is 17.7. The average Bonchev–Trinajstić information content (AvgIpc) is 2.91. The lowest BCUT2D eigenvalue weighted by Gasteiger charge is -2.32. The first-order chi connectivity index (χ1) is 10.3. The van der Waals surface area contributed by atoms with Crippen LogP contribution in [-0.4, -0.2) is 40.6 Å². The minimum Gasteiger partial charge on any atom is -0.326 e. The number of benzene rings is 1. The van der Waals surface area contributed by atoms with Crippen LogP contribution in [0.3, 0.4) is 0 Å². The predicted molar refractivity (Wildman–Crippen MR) is 82.8 cm³/mol.